The Bertz CT molecular complexity index is 900. The van der Waals surface area contributed by atoms with Gasteiger partial charge in [0.2, 0.25) is 5.91 Å². The molecule has 0 N–H and O–H groups in total. The second-order valence-corrected chi connectivity index (χ2v) is 8.11. The van der Waals surface area contributed by atoms with Gasteiger partial charge in [0.1, 0.15) is 0 Å². The summed E-state index contributed by atoms with van der Waals surface area (Å²) in [5.41, 5.74) is 2.34. The van der Waals surface area contributed by atoms with Crippen molar-refractivity contribution in [1.29, 1.82) is 0 Å². The number of rotatable bonds is 5. The first-order valence-electron chi connectivity index (χ1n) is 10.4. The molecule has 1 aromatic carbocycles. The number of halogens is 3. The van der Waals surface area contributed by atoms with Crippen molar-refractivity contribution in [3.63, 3.8) is 0 Å². The molecule has 0 saturated carbocycles. The molecule has 0 bridgehead atoms. The molecule has 1 aromatic heterocycles. The van der Waals surface area contributed by atoms with Crippen molar-refractivity contribution < 1.29 is 18.0 Å². The largest absolute Gasteiger partial charge is 0.416 e. The molecule has 2 saturated heterocycles. The van der Waals surface area contributed by atoms with Crippen molar-refractivity contribution in [2.24, 2.45) is 7.05 Å². The lowest BCUT2D eigenvalue weighted by Gasteiger charge is -2.36. The highest BCUT2D eigenvalue weighted by Gasteiger charge is 2.31. The second-order valence-electron chi connectivity index (χ2n) is 8.11. The number of piperazine rings is 1. The molecule has 5 nitrogen and oxygen atoms in total. The normalized spacial score (nSPS) is 18.5. The molecule has 1 amide bonds. The standard InChI is InChI=1S/C22H27F3N4O/c1-26-19(7-8-20(26)16-29-9-3-6-21(29)30)15-27-10-12-28(13-11-27)18-5-2-4-17(14-18)22(23,24)25/h2,4-5,7-8,14H,3,6,9-13,15-16H2,1H3. The van der Waals surface area contributed by atoms with Crippen LogP contribution in [0.25, 0.3) is 0 Å². The maximum Gasteiger partial charge on any atom is 0.416 e. The zero-order chi connectivity index (χ0) is 21.3. The third-order valence-electron chi connectivity index (χ3n) is 6.15. The quantitative estimate of drug-likeness (QED) is 0.742. The second kappa shape index (κ2) is 8.34. The van der Waals surface area contributed by atoms with Crippen molar-refractivity contribution in [2.45, 2.75) is 32.1 Å². The highest BCUT2D eigenvalue weighted by Crippen LogP contribution is 2.32. The molecule has 0 spiro atoms. The Labute approximate surface area is 174 Å². The molecule has 0 atom stereocenters. The average molecular weight is 420 g/mol. The highest BCUT2D eigenvalue weighted by molar-refractivity contribution is 5.78. The minimum absolute atomic E-state index is 0.225. The zero-order valence-corrected chi connectivity index (χ0v) is 17.2. The van der Waals surface area contributed by atoms with Crippen LogP contribution in [0.15, 0.2) is 36.4 Å². The number of amides is 1. The van der Waals surface area contributed by atoms with Crippen LogP contribution in [0, 0.1) is 0 Å². The topological polar surface area (TPSA) is 31.7 Å². The van der Waals surface area contributed by atoms with E-state index in [9.17, 15) is 18.0 Å². The third-order valence-corrected chi connectivity index (χ3v) is 6.15. The Morgan fingerprint density at radius 2 is 1.63 bits per heavy atom. The fraction of sp³-hybridized carbons (Fsp3) is 0.500. The Morgan fingerprint density at radius 1 is 0.933 bits per heavy atom. The van der Waals surface area contributed by atoms with Crippen LogP contribution < -0.4 is 4.90 Å². The minimum Gasteiger partial charge on any atom is -0.369 e. The van der Waals surface area contributed by atoms with E-state index in [4.69, 9.17) is 0 Å². The molecular formula is C22H27F3N4O. The van der Waals surface area contributed by atoms with E-state index >= 15 is 0 Å². The molecule has 30 heavy (non-hydrogen) atoms. The average Bonchev–Trinajstić information content (AvgIpc) is 3.28. The van der Waals surface area contributed by atoms with Crippen molar-refractivity contribution in [2.75, 3.05) is 37.6 Å². The van der Waals surface area contributed by atoms with Crippen molar-refractivity contribution in [3.05, 3.63) is 53.3 Å². The Kier molecular flexibility index (Phi) is 5.77. The summed E-state index contributed by atoms with van der Waals surface area (Å²) in [5.74, 6) is 0.225. The fourth-order valence-corrected chi connectivity index (χ4v) is 4.26. The van der Waals surface area contributed by atoms with E-state index in [1.807, 2.05) is 16.8 Å². The van der Waals surface area contributed by atoms with Gasteiger partial charge in [0.25, 0.3) is 0 Å². The molecule has 162 valence electrons. The Hall–Kier alpha value is -2.48. The maximum absolute atomic E-state index is 13.0. The van der Waals surface area contributed by atoms with Crippen LogP contribution in [0.3, 0.4) is 0 Å². The number of hydrogen-bond acceptors (Lipinski definition) is 3. The van der Waals surface area contributed by atoms with Gasteiger partial charge in [-0.2, -0.15) is 13.2 Å². The summed E-state index contributed by atoms with van der Waals surface area (Å²) in [6.45, 7) is 5.25. The number of nitrogens with zero attached hydrogens (tertiary/aromatic N) is 4. The van der Waals surface area contributed by atoms with Crippen LogP contribution in [-0.2, 0) is 31.1 Å². The van der Waals surface area contributed by atoms with Crippen LogP contribution in [-0.4, -0.2) is 53.0 Å². The van der Waals surface area contributed by atoms with Gasteiger partial charge in [-0.05, 0) is 36.8 Å². The number of likely N-dealkylation sites (tertiary alicyclic amines) is 1. The molecule has 0 radical (unpaired) electrons. The van der Waals surface area contributed by atoms with Gasteiger partial charge in [-0.15, -0.1) is 0 Å². The molecule has 2 aliphatic rings. The van der Waals surface area contributed by atoms with E-state index < -0.39 is 11.7 Å². The van der Waals surface area contributed by atoms with Gasteiger partial charge in [-0.3, -0.25) is 9.69 Å². The molecule has 0 aliphatic carbocycles. The van der Waals surface area contributed by atoms with Gasteiger partial charge < -0.3 is 14.4 Å². The lowest BCUT2D eigenvalue weighted by Crippen LogP contribution is -2.46. The predicted octanol–water partition coefficient (Wildman–Crippen LogP) is 3.49. The Morgan fingerprint density at radius 3 is 2.27 bits per heavy atom. The first-order chi connectivity index (χ1) is 14.3. The van der Waals surface area contributed by atoms with E-state index in [1.165, 1.54) is 17.8 Å². The SMILES string of the molecule is Cn1c(CN2CCN(c3cccc(C(F)(F)F)c3)CC2)ccc1CN1CCCC1=O. The summed E-state index contributed by atoms with van der Waals surface area (Å²) in [4.78, 5) is 18.1. The molecule has 2 aromatic rings. The zero-order valence-electron chi connectivity index (χ0n) is 17.2. The number of aromatic nitrogens is 1. The maximum atomic E-state index is 13.0. The summed E-state index contributed by atoms with van der Waals surface area (Å²) in [5, 5.41) is 0. The first-order valence-corrected chi connectivity index (χ1v) is 10.4. The van der Waals surface area contributed by atoms with E-state index in [-0.39, 0.29) is 5.91 Å². The molecular weight excluding hydrogens is 393 g/mol. The van der Waals surface area contributed by atoms with Gasteiger partial charge in [0, 0.05) is 69.8 Å². The van der Waals surface area contributed by atoms with Gasteiger partial charge in [0.15, 0.2) is 0 Å². The predicted molar refractivity (Wildman–Crippen MR) is 109 cm³/mol. The van der Waals surface area contributed by atoms with Crippen LogP contribution in [0.2, 0.25) is 0 Å². The third kappa shape index (κ3) is 4.48. The molecule has 2 aliphatic heterocycles. The molecule has 3 heterocycles. The van der Waals surface area contributed by atoms with Crippen LogP contribution in [0.4, 0.5) is 18.9 Å². The number of benzene rings is 1. The summed E-state index contributed by atoms with van der Waals surface area (Å²) in [6.07, 6.45) is -2.73. The summed E-state index contributed by atoms with van der Waals surface area (Å²) in [7, 11) is 2.03. The van der Waals surface area contributed by atoms with Crippen LogP contribution >= 0.6 is 0 Å². The first kappa shape index (κ1) is 20.8. The number of alkyl halides is 3. The Balaban J connectivity index is 1.34. The van der Waals surface area contributed by atoms with Gasteiger partial charge in [-0.25, -0.2) is 0 Å². The van der Waals surface area contributed by atoms with Gasteiger partial charge in [0.05, 0.1) is 12.1 Å². The van der Waals surface area contributed by atoms with Crippen molar-refractivity contribution in [3.8, 4) is 0 Å². The van der Waals surface area contributed by atoms with E-state index in [0.29, 0.717) is 31.7 Å². The lowest BCUT2D eigenvalue weighted by molar-refractivity contribution is -0.137. The summed E-state index contributed by atoms with van der Waals surface area (Å²) in [6, 6.07) is 9.76. The number of carbonyl (C=O) groups excluding carboxylic acids is 1. The molecule has 2 fully saturated rings. The number of hydrogen-bond donors (Lipinski definition) is 0. The van der Waals surface area contributed by atoms with Gasteiger partial charge in [-0.1, -0.05) is 6.07 Å². The smallest absolute Gasteiger partial charge is 0.369 e. The van der Waals surface area contributed by atoms with Crippen LogP contribution in [0.5, 0.6) is 0 Å². The summed E-state index contributed by atoms with van der Waals surface area (Å²) < 4.78 is 41.1. The van der Waals surface area contributed by atoms with E-state index in [2.05, 4.69) is 21.6 Å². The molecule has 0 unspecified atom stereocenters. The lowest BCUT2D eigenvalue weighted by atomic mass is 10.1. The van der Waals surface area contributed by atoms with Crippen LogP contribution in [0.1, 0.15) is 29.8 Å². The molecule has 4 rings (SSSR count). The van der Waals surface area contributed by atoms with Gasteiger partial charge >= 0.3 is 6.18 Å². The summed E-state index contributed by atoms with van der Waals surface area (Å²) >= 11 is 0. The van der Waals surface area contributed by atoms with E-state index in [1.54, 1.807) is 6.07 Å². The minimum atomic E-state index is -4.32. The molecule has 8 heteroatoms. The van der Waals surface area contributed by atoms with E-state index in [0.717, 1.165) is 44.4 Å². The van der Waals surface area contributed by atoms with Crippen molar-refractivity contribution in [1.82, 2.24) is 14.4 Å². The monoisotopic (exact) mass is 420 g/mol. The number of anilines is 1. The number of carbonyl (C=O) groups is 1. The fourth-order valence-electron chi connectivity index (χ4n) is 4.26. The van der Waals surface area contributed by atoms with Crippen molar-refractivity contribution >= 4 is 11.6 Å². The highest BCUT2D eigenvalue weighted by atomic mass is 19.4.